The largest absolute Gasteiger partial charge is 0.389 e. The number of likely N-dealkylation sites (tertiary alicyclic amines) is 1. The van der Waals surface area contributed by atoms with Crippen LogP contribution in [0, 0.1) is 0 Å². The summed E-state index contributed by atoms with van der Waals surface area (Å²) in [5.41, 5.74) is 2.05. The van der Waals surface area contributed by atoms with Gasteiger partial charge in [-0.1, -0.05) is 0 Å². The fraction of sp³-hybridized carbons (Fsp3) is 0.667. The van der Waals surface area contributed by atoms with Crippen LogP contribution in [-0.2, 0) is 4.79 Å². The number of β-amino-alcohol motifs (C(OH)–C–C–N with tert-alkyl or cyclic N) is 1. The summed E-state index contributed by atoms with van der Waals surface area (Å²) in [5, 5.41) is 12.1. The molecule has 0 unspecified atom stereocenters. The van der Waals surface area contributed by atoms with Gasteiger partial charge in [0.25, 0.3) is 0 Å². The number of aliphatic hydroxyl groups is 1. The van der Waals surface area contributed by atoms with Crippen LogP contribution in [0.5, 0.6) is 0 Å². The van der Waals surface area contributed by atoms with Crippen LogP contribution >= 0.6 is 0 Å². The number of hydrogen-bond acceptors (Lipinski definition) is 3. The van der Waals surface area contributed by atoms with Crippen molar-refractivity contribution in [3.63, 3.8) is 0 Å². The normalized spacial score (nSPS) is 22.3. The average molecular weight is 182 g/mol. The Balaban J connectivity index is 1.97. The molecule has 0 bridgehead atoms. The van der Waals surface area contributed by atoms with Gasteiger partial charge in [0.2, 0.25) is 5.91 Å². The molecule has 0 aromatic heterocycles. The number of hydrogen-bond donors (Lipinski definition) is 2. The summed E-state index contributed by atoms with van der Waals surface area (Å²) in [7, 11) is 0. The Morgan fingerprint density at radius 3 is 2.54 bits per heavy atom. The van der Waals surface area contributed by atoms with E-state index >= 15 is 0 Å². The molecule has 2 N–H and O–H groups in total. The maximum Gasteiger partial charge on any atom is 0.249 e. The zero-order valence-corrected chi connectivity index (χ0v) is 7.71. The lowest BCUT2D eigenvalue weighted by atomic mass is 10.0. The molecule has 2 saturated heterocycles. The van der Waals surface area contributed by atoms with Crippen LogP contribution in [0.25, 0.3) is 0 Å². The molecule has 0 aliphatic carbocycles. The maximum absolute atomic E-state index is 11.6. The molecule has 2 fully saturated rings. The maximum atomic E-state index is 11.6. The molecule has 0 aromatic carbocycles. The van der Waals surface area contributed by atoms with E-state index in [1.54, 1.807) is 4.90 Å². The van der Waals surface area contributed by atoms with Crippen LogP contribution in [0.4, 0.5) is 0 Å². The monoisotopic (exact) mass is 182 g/mol. The molecular formula is C9H14N2O2. The summed E-state index contributed by atoms with van der Waals surface area (Å²) in [6.07, 6.45) is -0.304. The highest BCUT2D eigenvalue weighted by molar-refractivity contribution is 5.94. The number of carbonyl (C=O) groups excluding carboxylic acids is 1. The van der Waals surface area contributed by atoms with Gasteiger partial charge in [-0.25, -0.2) is 0 Å². The standard InChI is InChI=1S/C9H14N2O2/c1-6(7-2-10-3-7)9(13)11-4-8(12)5-11/h8,10,12H,2-5H2,1H3. The van der Waals surface area contributed by atoms with Gasteiger partial charge in [0, 0.05) is 31.8 Å². The van der Waals surface area contributed by atoms with Crippen molar-refractivity contribution < 1.29 is 9.90 Å². The van der Waals surface area contributed by atoms with Gasteiger partial charge in [-0.2, -0.15) is 0 Å². The molecule has 0 radical (unpaired) electrons. The Kier molecular flexibility index (Phi) is 2.09. The lowest BCUT2D eigenvalue weighted by Crippen LogP contribution is -2.54. The number of rotatable bonds is 1. The Morgan fingerprint density at radius 1 is 1.54 bits per heavy atom. The van der Waals surface area contributed by atoms with E-state index in [1.807, 2.05) is 6.92 Å². The highest BCUT2D eigenvalue weighted by Crippen LogP contribution is 2.16. The second-order valence-electron chi connectivity index (χ2n) is 3.70. The lowest BCUT2D eigenvalue weighted by Gasteiger charge is -2.37. The van der Waals surface area contributed by atoms with Crippen LogP contribution in [0.3, 0.4) is 0 Å². The number of aliphatic hydroxyl groups excluding tert-OH is 1. The van der Waals surface area contributed by atoms with Gasteiger partial charge in [0.05, 0.1) is 6.10 Å². The number of nitrogens with zero attached hydrogens (tertiary/aromatic N) is 1. The van der Waals surface area contributed by atoms with E-state index < -0.39 is 0 Å². The van der Waals surface area contributed by atoms with Crippen molar-refractivity contribution in [2.24, 2.45) is 0 Å². The molecule has 2 aliphatic heterocycles. The fourth-order valence-corrected chi connectivity index (χ4v) is 1.52. The average Bonchev–Trinajstić information content (AvgIpc) is 1.94. The molecule has 4 heteroatoms. The van der Waals surface area contributed by atoms with E-state index in [-0.39, 0.29) is 12.0 Å². The van der Waals surface area contributed by atoms with Crippen molar-refractivity contribution in [3.8, 4) is 0 Å². The highest BCUT2D eigenvalue weighted by Gasteiger charge is 2.30. The first-order chi connectivity index (χ1) is 6.18. The molecule has 0 aromatic rings. The third kappa shape index (κ3) is 1.47. The minimum absolute atomic E-state index is 0.0850. The van der Waals surface area contributed by atoms with Crippen LogP contribution in [0.15, 0.2) is 11.1 Å². The summed E-state index contributed by atoms with van der Waals surface area (Å²) < 4.78 is 0. The molecule has 0 atom stereocenters. The van der Waals surface area contributed by atoms with Crippen LogP contribution in [0.1, 0.15) is 6.92 Å². The fourth-order valence-electron chi connectivity index (χ4n) is 1.52. The van der Waals surface area contributed by atoms with Crippen LogP contribution < -0.4 is 5.32 Å². The molecule has 72 valence electrons. The SMILES string of the molecule is CC(C(=O)N1CC(O)C1)=C1CNC1. The van der Waals surface area contributed by atoms with E-state index in [2.05, 4.69) is 5.32 Å². The van der Waals surface area contributed by atoms with Gasteiger partial charge in [-0.15, -0.1) is 0 Å². The van der Waals surface area contributed by atoms with Gasteiger partial charge in [-0.05, 0) is 12.5 Å². The van der Waals surface area contributed by atoms with E-state index in [4.69, 9.17) is 5.11 Å². The van der Waals surface area contributed by atoms with Gasteiger partial charge >= 0.3 is 0 Å². The van der Waals surface area contributed by atoms with E-state index in [9.17, 15) is 4.79 Å². The summed E-state index contributed by atoms with van der Waals surface area (Å²) in [5.74, 6) is 0.0850. The first kappa shape index (κ1) is 8.72. The molecule has 0 spiro atoms. The molecule has 0 saturated carbocycles. The Bertz CT molecular complexity index is 261. The quantitative estimate of drug-likeness (QED) is 0.517. The Hall–Kier alpha value is -0.870. The number of amides is 1. The topological polar surface area (TPSA) is 52.6 Å². The van der Waals surface area contributed by atoms with Crippen molar-refractivity contribution >= 4 is 5.91 Å². The molecular weight excluding hydrogens is 168 g/mol. The zero-order chi connectivity index (χ0) is 9.42. The van der Waals surface area contributed by atoms with Gasteiger partial charge in [0.1, 0.15) is 0 Å². The van der Waals surface area contributed by atoms with Gasteiger partial charge in [0.15, 0.2) is 0 Å². The molecule has 13 heavy (non-hydrogen) atoms. The molecule has 1 amide bonds. The van der Waals surface area contributed by atoms with Crippen molar-refractivity contribution in [3.05, 3.63) is 11.1 Å². The lowest BCUT2D eigenvalue weighted by molar-refractivity contribution is -0.136. The van der Waals surface area contributed by atoms with E-state index in [0.717, 1.165) is 18.7 Å². The third-order valence-corrected chi connectivity index (χ3v) is 2.68. The predicted molar refractivity (Wildman–Crippen MR) is 48.2 cm³/mol. The summed E-state index contributed by atoms with van der Waals surface area (Å²) >= 11 is 0. The Morgan fingerprint density at radius 2 is 2.15 bits per heavy atom. The van der Waals surface area contributed by atoms with Crippen LogP contribution in [0.2, 0.25) is 0 Å². The summed E-state index contributed by atoms with van der Waals surface area (Å²) in [4.78, 5) is 13.3. The van der Waals surface area contributed by atoms with Gasteiger partial charge < -0.3 is 15.3 Å². The number of carbonyl (C=O) groups is 1. The molecule has 2 aliphatic rings. The molecule has 2 rings (SSSR count). The third-order valence-electron chi connectivity index (χ3n) is 2.68. The Labute approximate surface area is 77.2 Å². The van der Waals surface area contributed by atoms with Crippen molar-refractivity contribution in [1.29, 1.82) is 0 Å². The van der Waals surface area contributed by atoms with Crippen molar-refractivity contribution in [2.45, 2.75) is 13.0 Å². The molecule has 2 heterocycles. The van der Waals surface area contributed by atoms with E-state index in [0.29, 0.717) is 13.1 Å². The minimum atomic E-state index is -0.304. The molecule has 4 nitrogen and oxygen atoms in total. The predicted octanol–water partition coefficient (Wildman–Crippen LogP) is -0.891. The van der Waals surface area contributed by atoms with Gasteiger partial charge in [-0.3, -0.25) is 4.79 Å². The van der Waals surface area contributed by atoms with E-state index in [1.165, 1.54) is 5.57 Å². The van der Waals surface area contributed by atoms with Crippen LogP contribution in [-0.4, -0.2) is 48.2 Å². The zero-order valence-electron chi connectivity index (χ0n) is 7.71. The highest BCUT2D eigenvalue weighted by atomic mass is 16.3. The second kappa shape index (κ2) is 3.12. The second-order valence-corrected chi connectivity index (χ2v) is 3.70. The summed E-state index contributed by atoms with van der Waals surface area (Å²) in [6.45, 7) is 4.54. The van der Waals surface area contributed by atoms with Crippen molar-refractivity contribution in [2.75, 3.05) is 26.2 Å². The number of nitrogens with one attached hydrogen (secondary N) is 1. The summed E-state index contributed by atoms with van der Waals surface area (Å²) in [6, 6.07) is 0. The first-order valence-electron chi connectivity index (χ1n) is 4.55. The first-order valence-corrected chi connectivity index (χ1v) is 4.55. The smallest absolute Gasteiger partial charge is 0.249 e. The van der Waals surface area contributed by atoms with Crippen molar-refractivity contribution in [1.82, 2.24) is 10.2 Å². The minimum Gasteiger partial charge on any atom is -0.389 e.